The van der Waals surface area contributed by atoms with Gasteiger partial charge < -0.3 is 10.2 Å². The van der Waals surface area contributed by atoms with Crippen LogP contribution in [0.5, 0.6) is 0 Å². The number of hydrogen-bond donors (Lipinski definition) is 1. The van der Waals surface area contributed by atoms with Gasteiger partial charge in [0, 0.05) is 16.1 Å². The predicted octanol–water partition coefficient (Wildman–Crippen LogP) is 4.54. The number of amides is 1. The Labute approximate surface area is 159 Å². The second-order valence-electron chi connectivity index (χ2n) is 7.62. The Kier molecular flexibility index (Phi) is 3.89. The van der Waals surface area contributed by atoms with Gasteiger partial charge in [0.1, 0.15) is 5.66 Å². The molecular weight excluding hydrogens is 344 g/mol. The molecule has 1 amide bonds. The van der Waals surface area contributed by atoms with Gasteiger partial charge in [0.2, 0.25) is 5.91 Å². The molecule has 134 valence electrons. The van der Waals surface area contributed by atoms with Crippen LogP contribution in [0.2, 0.25) is 5.02 Å². The molecule has 0 aliphatic carbocycles. The monoisotopic (exact) mass is 366 g/mol. The minimum Gasteiger partial charge on any atom is -0.335 e. The molecule has 26 heavy (non-hydrogen) atoms. The normalized spacial score (nSPS) is 23.2. The van der Waals surface area contributed by atoms with Crippen molar-refractivity contribution in [3.8, 4) is 0 Å². The van der Waals surface area contributed by atoms with Gasteiger partial charge in [-0.05, 0) is 47.4 Å². The Hall–Kier alpha value is -2.26. The molecule has 1 saturated heterocycles. The van der Waals surface area contributed by atoms with Crippen molar-refractivity contribution in [2.75, 3.05) is 11.4 Å². The molecule has 4 rings (SSSR count). The van der Waals surface area contributed by atoms with Gasteiger partial charge in [0.15, 0.2) is 0 Å². The largest absolute Gasteiger partial charge is 0.335 e. The van der Waals surface area contributed by atoms with Crippen molar-refractivity contribution in [3.63, 3.8) is 0 Å². The zero-order chi connectivity index (χ0) is 18.5. The highest BCUT2D eigenvalue weighted by atomic mass is 35.5. The number of anilines is 1. The summed E-state index contributed by atoms with van der Waals surface area (Å²) in [7, 11) is 0. The average molecular weight is 367 g/mol. The van der Waals surface area contributed by atoms with Gasteiger partial charge in [-0.1, -0.05) is 62.7 Å². The van der Waals surface area contributed by atoms with E-state index in [9.17, 15) is 4.79 Å². The predicted molar refractivity (Wildman–Crippen MR) is 108 cm³/mol. The van der Waals surface area contributed by atoms with Crippen LogP contribution in [0.4, 0.5) is 5.69 Å². The maximum atomic E-state index is 12.3. The zero-order valence-electron chi connectivity index (χ0n) is 15.3. The van der Waals surface area contributed by atoms with Gasteiger partial charge in [0.05, 0.1) is 6.54 Å². The molecule has 2 aromatic rings. The van der Waals surface area contributed by atoms with Gasteiger partial charge in [0.25, 0.3) is 0 Å². The molecular formula is C22H23ClN2O. The maximum absolute atomic E-state index is 12.3. The molecule has 1 unspecified atom stereocenters. The molecule has 0 bridgehead atoms. The summed E-state index contributed by atoms with van der Waals surface area (Å²) in [6.45, 7) is 6.97. The van der Waals surface area contributed by atoms with E-state index >= 15 is 0 Å². The molecule has 1 N–H and O–H groups in total. The number of carbonyl (C=O) groups excluding carboxylic acids is 1. The van der Waals surface area contributed by atoms with E-state index in [0.717, 1.165) is 22.7 Å². The van der Waals surface area contributed by atoms with Crippen LogP contribution in [0.3, 0.4) is 0 Å². The molecule has 2 aromatic carbocycles. The third-order valence-electron chi connectivity index (χ3n) is 5.83. The van der Waals surface area contributed by atoms with Crippen molar-refractivity contribution in [2.45, 2.75) is 38.3 Å². The highest BCUT2D eigenvalue weighted by Gasteiger charge is 2.59. The number of fused-ring (bicyclic) bond motifs is 3. The van der Waals surface area contributed by atoms with Crippen LogP contribution in [-0.4, -0.2) is 18.1 Å². The number of carbonyl (C=O) groups is 1. The second-order valence-corrected chi connectivity index (χ2v) is 8.05. The molecule has 0 saturated carbocycles. The molecule has 4 heteroatoms. The van der Waals surface area contributed by atoms with Crippen molar-refractivity contribution in [2.24, 2.45) is 0 Å². The van der Waals surface area contributed by atoms with E-state index in [1.54, 1.807) is 0 Å². The zero-order valence-corrected chi connectivity index (χ0v) is 16.1. The first-order valence-corrected chi connectivity index (χ1v) is 9.42. The molecule has 3 nitrogen and oxygen atoms in total. The fraction of sp³-hybridized carbons (Fsp3) is 0.318. The summed E-state index contributed by atoms with van der Waals surface area (Å²) in [6.07, 6.45) is 5.21. The standard InChI is InChI=1S/C22H23ClN2O/c1-4-15-7-10-19-18(13-15)21(2,3)22(24-20(26)14-25(19)22)12-11-16-5-8-17(23)9-6-16/h5-13H,4,14H2,1-3H3,(H,24,26). The number of nitrogens with zero attached hydrogens (tertiary/aromatic N) is 1. The molecule has 2 aliphatic heterocycles. The molecule has 2 heterocycles. The van der Waals surface area contributed by atoms with Crippen molar-refractivity contribution in [1.82, 2.24) is 5.32 Å². The second kappa shape index (κ2) is 5.88. The fourth-order valence-corrected chi connectivity index (χ4v) is 4.36. The van der Waals surface area contributed by atoms with Gasteiger partial charge in [-0.2, -0.15) is 0 Å². The Morgan fingerprint density at radius 3 is 2.62 bits per heavy atom. The van der Waals surface area contributed by atoms with E-state index in [-0.39, 0.29) is 11.3 Å². The van der Waals surface area contributed by atoms with E-state index < -0.39 is 5.66 Å². The topological polar surface area (TPSA) is 32.3 Å². The van der Waals surface area contributed by atoms with Crippen molar-refractivity contribution in [3.05, 3.63) is 70.3 Å². The highest BCUT2D eigenvalue weighted by molar-refractivity contribution is 6.30. The quantitative estimate of drug-likeness (QED) is 0.864. The Morgan fingerprint density at radius 2 is 1.92 bits per heavy atom. The lowest BCUT2D eigenvalue weighted by Gasteiger charge is -2.40. The van der Waals surface area contributed by atoms with Gasteiger partial charge in [-0.3, -0.25) is 4.79 Å². The molecule has 1 fully saturated rings. The Balaban J connectivity index is 1.82. The molecule has 2 aliphatic rings. The van der Waals surface area contributed by atoms with Gasteiger partial charge >= 0.3 is 0 Å². The smallest absolute Gasteiger partial charge is 0.241 e. The molecule has 0 aromatic heterocycles. The summed E-state index contributed by atoms with van der Waals surface area (Å²) >= 11 is 5.99. The van der Waals surface area contributed by atoms with E-state index in [1.165, 1.54) is 11.1 Å². The summed E-state index contributed by atoms with van der Waals surface area (Å²) in [6, 6.07) is 14.3. The Morgan fingerprint density at radius 1 is 1.19 bits per heavy atom. The van der Waals surface area contributed by atoms with Crippen molar-refractivity contribution >= 4 is 29.3 Å². The first-order chi connectivity index (χ1) is 12.4. The molecule has 1 atom stereocenters. The fourth-order valence-electron chi connectivity index (χ4n) is 4.23. The van der Waals surface area contributed by atoms with E-state index in [0.29, 0.717) is 6.54 Å². The third-order valence-corrected chi connectivity index (χ3v) is 6.08. The van der Waals surface area contributed by atoms with E-state index in [2.05, 4.69) is 61.3 Å². The maximum Gasteiger partial charge on any atom is 0.241 e. The molecule has 0 spiro atoms. The minimum atomic E-state index is -0.557. The SMILES string of the molecule is CCc1ccc2c(c1)C(C)(C)C1(C=Cc3ccc(Cl)cc3)NC(=O)CN21. The van der Waals surface area contributed by atoms with Crippen LogP contribution < -0.4 is 10.2 Å². The lowest BCUT2D eigenvalue weighted by molar-refractivity contribution is -0.118. The number of benzene rings is 2. The highest BCUT2D eigenvalue weighted by Crippen LogP contribution is 2.53. The van der Waals surface area contributed by atoms with E-state index in [1.807, 2.05) is 24.3 Å². The summed E-state index contributed by atoms with van der Waals surface area (Å²) in [5, 5.41) is 3.98. The summed E-state index contributed by atoms with van der Waals surface area (Å²) in [4.78, 5) is 14.5. The van der Waals surface area contributed by atoms with Crippen LogP contribution in [0.1, 0.15) is 37.5 Å². The minimum absolute atomic E-state index is 0.0593. The first-order valence-electron chi connectivity index (χ1n) is 9.04. The lowest BCUT2D eigenvalue weighted by atomic mass is 9.75. The van der Waals surface area contributed by atoms with Crippen molar-refractivity contribution in [1.29, 1.82) is 0 Å². The average Bonchev–Trinajstić information content (AvgIpc) is 3.05. The number of rotatable bonds is 3. The number of halogens is 1. The Bertz CT molecular complexity index is 901. The number of aryl methyl sites for hydroxylation is 1. The third kappa shape index (κ3) is 2.38. The number of nitrogens with one attached hydrogen (secondary N) is 1. The lowest BCUT2D eigenvalue weighted by Crippen LogP contribution is -2.58. The molecule has 0 radical (unpaired) electrons. The summed E-state index contributed by atoms with van der Waals surface area (Å²) < 4.78 is 0. The van der Waals surface area contributed by atoms with Gasteiger partial charge in [-0.25, -0.2) is 0 Å². The van der Waals surface area contributed by atoms with Crippen LogP contribution >= 0.6 is 11.6 Å². The van der Waals surface area contributed by atoms with Crippen LogP contribution in [-0.2, 0) is 16.6 Å². The summed E-state index contributed by atoms with van der Waals surface area (Å²) in [5.74, 6) is 0.0593. The first kappa shape index (κ1) is 17.2. The van der Waals surface area contributed by atoms with Crippen molar-refractivity contribution < 1.29 is 4.79 Å². The number of hydrogen-bond acceptors (Lipinski definition) is 2. The van der Waals surface area contributed by atoms with Gasteiger partial charge in [-0.15, -0.1) is 0 Å². The van der Waals surface area contributed by atoms with E-state index in [4.69, 9.17) is 11.6 Å². The summed E-state index contributed by atoms with van der Waals surface area (Å²) in [5.41, 5.74) is 4.01. The van der Waals surface area contributed by atoms with Crippen LogP contribution in [0.15, 0.2) is 48.5 Å². The van der Waals surface area contributed by atoms with Crippen LogP contribution in [0.25, 0.3) is 6.08 Å². The van der Waals surface area contributed by atoms with Crippen LogP contribution in [0, 0.1) is 0 Å².